The van der Waals surface area contributed by atoms with Gasteiger partial charge in [0.25, 0.3) is 11.8 Å². The molecule has 1 aliphatic rings. The van der Waals surface area contributed by atoms with Gasteiger partial charge in [-0.3, -0.25) is 24.3 Å². The SMILES string of the molecule is CC(=O)Nc1ccc2c3c(cccc13)C(=O)N(Cc1cccnc1)C2=O. The second-order valence-corrected chi connectivity index (χ2v) is 6.13. The first-order valence-corrected chi connectivity index (χ1v) is 8.14. The summed E-state index contributed by atoms with van der Waals surface area (Å²) in [6.45, 7) is 1.58. The third-order valence-corrected chi connectivity index (χ3v) is 4.37. The van der Waals surface area contributed by atoms with Crippen molar-refractivity contribution in [3.8, 4) is 0 Å². The van der Waals surface area contributed by atoms with Gasteiger partial charge in [0.15, 0.2) is 0 Å². The van der Waals surface area contributed by atoms with Crippen molar-refractivity contribution < 1.29 is 14.4 Å². The average molecular weight is 345 g/mol. The summed E-state index contributed by atoms with van der Waals surface area (Å²) in [5, 5.41) is 4.01. The molecule has 2 aromatic carbocycles. The molecule has 0 fully saturated rings. The number of aromatic nitrogens is 1. The minimum atomic E-state index is -0.350. The molecule has 0 atom stereocenters. The predicted octanol–water partition coefficient (Wildman–Crippen LogP) is 2.99. The van der Waals surface area contributed by atoms with Crippen molar-refractivity contribution in [2.24, 2.45) is 0 Å². The monoisotopic (exact) mass is 345 g/mol. The Kier molecular flexibility index (Phi) is 3.73. The summed E-state index contributed by atoms with van der Waals surface area (Å²) in [4.78, 5) is 42.6. The molecule has 1 N–H and O–H groups in total. The highest BCUT2D eigenvalue weighted by molar-refractivity contribution is 6.27. The molecule has 0 radical (unpaired) electrons. The molecule has 0 bridgehead atoms. The molecule has 0 saturated heterocycles. The highest BCUT2D eigenvalue weighted by atomic mass is 16.2. The van der Waals surface area contributed by atoms with Crippen LogP contribution < -0.4 is 5.32 Å². The summed E-state index contributed by atoms with van der Waals surface area (Å²) in [7, 11) is 0. The van der Waals surface area contributed by atoms with E-state index in [4.69, 9.17) is 0 Å². The maximum absolute atomic E-state index is 12.9. The molecule has 2 heterocycles. The van der Waals surface area contributed by atoms with E-state index in [-0.39, 0.29) is 24.3 Å². The Morgan fingerprint density at radius 2 is 1.81 bits per heavy atom. The lowest BCUT2D eigenvalue weighted by molar-refractivity contribution is -0.114. The zero-order chi connectivity index (χ0) is 18.3. The fourth-order valence-electron chi connectivity index (χ4n) is 3.26. The van der Waals surface area contributed by atoms with Gasteiger partial charge in [0, 0.05) is 46.9 Å². The molecule has 6 nitrogen and oxygen atoms in total. The van der Waals surface area contributed by atoms with Crippen molar-refractivity contribution in [3.63, 3.8) is 0 Å². The molecule has 6 heteroatoms. The normalized spacial score (nSPS) is 13.2. The van der Waals surface area contributed by atoms with E-state index in [0.717, 1.165) is 5.56 Å². The highest BCUT2D eigenvalue weighted by Crippen LogP contribution is 2.34. The van der Waals surface area contributed by atoms with Gasteiger partial charge in [0.05, 0.1) is 6.54 Å². The van der Waals surface area contributed by atoms with Crippen molar-refractivity contribution in [2.45, 2.75) is 13.5 Å². The fourth-order valence-corrected chi connectivity index (χ4v) is 3.26. The molecule has 0 saturated carbocycles. The third kappa shape index (κ3) is 2.52. The number of amides is 3. The van der Waals surface area contributed by atoms with Crippen molar-refractivity contribution >= 4 is 34.2 Å². The number of nitrogens with zero attached hydrogens (tertiary/aromatic N) is 2. The second kappa shape index (κ2) is 6.07. The van der Waals surface area contributed by atoms with Gasteiger partial charge in [0.2, 0.25) is 5.91 Å². The van der Waals surface area contributed by atoms with Crippen LogP contribution in [0, 0.1) is 0 Å². The first-order valence-electron chi connectivity index (χ1n) is 8.14. The number of hydrogen-bond donors (Lipinski definition) is 1. The van der Waals surface area contributed by atoms with Gasteiger partial charge in [-0.05, 0) is 29.8 Å². The van der Waals surface area contributed by atoms with E-state index in [1.54, 1.807) is 48.8 Å². The lowest BCUT2D eigenvalue weighted by atomic mass is 9.92. The Bertz CT molecular complexity index is 1040. The van der Waals surface area contributed by atoms with Gasteiger partial charge in [-0.25, -0.2) is 0 Å². The van der Waals surface area contributed by atoms with Crippen LogP contribution >= 0.6 is 0 Å². The summed E-state index contributed by atoms with van der Waals surface area (Å²) in [6, 6.07) is 12.2. The van der Waals surface area contributed by atoms with Crippen molar-refractivity contribution in [3.05, 3.63) is 71.5 Å². The molecule has 1 aromatic heterocycles. The molecule has 0 unspecified atom stereocenters. The number of carbonyl (C=O) groups excluding carboxylic acids is 3. The standard InChI is InChI=1S/C20H15N3O3/c1-12(24)22-17-8-7-16-18-14(17)5-2-6-15(18)19(25)23(20(16)26)11-13-4-3-9-21-10-13/h2-10H,11H2,1H3,(H,22,24). The third-order valence-electron chi connectivity index (χ3n) is 4.37. The first-order chi connectivity index (χ1) is 12.6. The van der Waals surface area contributed by atoms with Crippen molar-refractivity contribution in [1.29, 1.82) is 0 Å². The number of nitrogens with one attached hydrogen (secondary N) is 1. The van der Waals surface area contributed by atoms with E-state index in [9.17, 15) is 14.4 Å². The van der Waals surface area contributed by atoms with Crippen LogP contribution in [0.1, 0.15) is 33.2 Å². The molecule has 1 aliphatic heterocycles. The van der Waals surface area contributed by atoms with Gasteiger partial charge < -0.3 is 5.32 Å². The van der Waals surface area contributed by atoms with Gasteiger partial charge in [-0.1, -0.05) is 18.2 Å². The maximum atomic E-state index is 12.9. The van der Waals surface area contributed by atoms with Crippen LogP contribution in [-0.2, 0) is 11.3 Å². The quantitative estimate of drug-likeness (QED) is 0.740. The second-order valence-electron chi connectivity index (χ2n) is 6.13. The summed E-state index contributed by atoms with van der Waals surface area (Å²) < 4.78 is 0. The minimum Gasteiger partial charge on any atom is -0.326 e. The summed E-state index contributed by atoms with van der Waals surface area (Å²) in [5.41, 5.74) is 2.26. The van der Waals surface area contributed by atoms with E-state index in [1.807, 2.05) is 6.07 Å². The number of carbonyl (C=O) groups is 3. The van der Waals surface area contributed by atoms with Crippen LogP contribution in [0.3, 0.4) is 0 Å². The summed E-state index contributed by atoms with van der Waals surface area (Å²) >= 11 is 0. The number of rotatable bonds is 3. The summed E-state index contributed by atoms with van der Waals surface area (Å²) in [6.07, 6.45) is 3.28. The molecule has 0 spiro atoms. The number of imide groups is 1. The van der Waals surface area contributed by atoms with Crippen LogP contribution in [0.15, 0.2) is 54.9 Å². The van der Waals surface area contributed by atoms with E-state index in [2.05, 4.69) is 10.3 Å². The molecule has 3 amide bonds. The van der Waals surface area contributed by atoms with E-state index >= 15 is 0 Å². The number of hydrogen-bond acceptors (Lipinski definition) is 4. The van der Waals surface area contributed by atoms with Gasteiger partial charge >= 0.3 is 0 Å². The zero-order valence-corrected chi connectivity index (χ0v) is 14.0. The predicted molar refractivity (Wildman–Crippen MR) is 96.7 cm³/mol. The Morgan fingerprint density at radius 1 is 1.04 bits per heavy atom. The number of pyridine rings is 1. The molecule has 128 valence electrons. The minimum absolute atomic E-state index is 0.161. The molecular formula is C20H15N3O3. The molecule has 26 heavy (non-hydrogen) atoms. The van der Waals surface area contributed by atoms with Gasteiger partial charge in [-0.2, -0.15) is 0 Å². The van der Waals surface area contributed by atoms with Crippen LogP contribution in [0.25, 0.3) is 10.8 Å². The fraction of sp³-hybridized carbons (Fsp3) is 0.100. The molecule has 4 rings (SSSR count). The van der Waals surface area contributed by atoms with E-state index < -0.39 is 0 Å². The van der Waals surface area contributed by atoms with Crippen molar-refractivity contribution in [1.82, 2.24) is 9.88 Å². The average Bonchev–Trinajstić information content (AvgIpc) is 2.64. The van der Waals surface area contributed by atoms with Crippen LogP contribution in [0.2, 0.25) is 0 Å². The Labute approximate surface area is 149 Å². The maximum Gasteiger partial charge on any atom is 0.261 e. The lowest BCUT2D eigenvalue weighted by Crippen LogP contribution is -2.39. The van der Waals surface area contributed by atoms with Crippen LogP contribution in [-0.4, -0.2) is 27.6 Å². The lowest BCUT2D eigenvalue weighted by Gasteiger charge is -2.27. The number of anilines is 1. The van der Waals surface area contributed by atoms with Gasteiger partial charge in [-0.15, -0.1) is 0 Å². The molecular weight excluding hydrogens is 330 g/mol. The smallest absolute Gasteiger partial charge is 0.261 e. The summed E-state index contributed by atoms with van der Waals surface area (Å²) in [5.74, 6) is -0.911. The Balaban J connectivity index is 1.84. The van der Waals surface area contributed by atoms with Gasteiger partial charge in [0.1, 0.15) is 0 Å². The zero-order valence-electron chi connectivity index (χ0n) is 14.0. The molecule has 0 aliphatic carbocycles. The number of benzene rings is 2. The Morgan fingerprint density at radius 3 is 2.50 bits per heavy atom. The topological polar surface area (TPSA) is 79.4 Å². The van der Waals surface area contributed by atoms with E-state index in [0.29, 0.717) is 27.6 Å². The first kappa shape index (κ1) is 16.0. The van der Waals surface area contributed by atoms with E-state index in [1.165, 1.54) is 11.8 Å². The van der Waals surface area contributed by atoms with Crippen LogP contribution in [0.4, 0.5) is 5.69 Å². The van der Waals surface area contributed by atoms with Crippen molar-refractivity contribution in [2.75, 3.05) is 5.32 Å². The Hall–Kier alpha value is -3.54. The molecule has 3 aromatic rings. The highest BCUT2D eigenvalue weighted by Gasteiger charge is 2.33. The van der Waals surface area contributed by atoms with Crippen LogP contribution in [0.5, 0.6) is 0 Å². The largest absolute Gasteiger partial charge is 0.326 e.